The lowest BCUT2D eigenvalue weighted by Crippen LogP contribution is -2.44. The monoisotopic (exact) mass is 332 g/mol. The molecule has 2 heterocycles. The van der Waals surface area contributed by atoms with Gasteiger partial charge < -0.3 is 5.32 Å². The van der Waals surface area contributed by atoms with Crippen molar-refractivity contribution in [2.24, 2.45) is 5.92 Å². The molecular weight excluding hydrogens is 303 g/mol. The first-order valence-electron chi connectivity index (χ1n) is 9.35. The molecule has 1 amide bonds. The molecule has 4 heteroatoms. The van der Waals surface area contributed by atoms with Crippen LogP contribution in [-0.2, 0) is 4.79 Å². The van der Waals surface area contributed by atoms with Crippen molar-refractivity contribution in [3.05, 3.63) is 35.6 Å². The molecule has 1 aromatic rings. The number of carbonyl (C=O) groups is 1. The number of carbonyl (C=O) groups excluding carboxylic acids is 1. The fraction of sp³-hybridized carbons (Fsp3) is 0.650. The van der Waals surface area contributed by atoms with Crippen molar-refractivity contribution in [3.63, 3.8) is 0 Å². The van der Waals surface area contributed by atoms with E-state index >= 15 is 0 Å². The van der Waals surface area contributed by atoms with Crippen LogP contribution in [0.25, 0.3) is 0 Å². The van der Waals surface area contributed by atoms with E-state index in [0.717, 1.165) is 24.4 Å². The van der Waals surface area contributed by atoms with E-state index in [0.29, 0.717) is 12.1 Å². The highest BCUT2D eigenvalue weighted by Crippen LogP contribution is 2.40. The highest BCUT2D eigenvalue weighted by molar-refractivity contribution is 5.73. The molecule has 2 aliphatic rings. The Balaban J connectivity index is 1.65. The second-order valence-corrected chi connectivity index (χ2v) is 7.47. The Morgan fingerprint density at radius 3 is 2.62 bits per heavy atom. The fourth-order valence-corrected chi connectivity index (χ4v) is 4.65. The van der Waals surface area contributed by atoms with E-state index in [4.69, 9.17) is 0 Å². The molecule has 2 bridgehead atoms. The second kappa shape index (κ2) is 7.64. The van der Waals surface area contributed by atoms with Gasteiger partial charge in [-0.15, -0.1) is 0 Å². The van der Waals surface area contributed by atoms with Crippen molar-refractivity contribution in [3.8, 4) is 0 Å². The Bertz CT molecular complexity index is 563. The minimum atomic E-state index is -0.244. The van der Waals surface area contributed by atoms with Crippen LogP contribution < -0.4 is 5.32 Å². The number of fused-ring (bicyclic) bond motifs is 2. The van der Waals surface area contributed by atoms with Gasteiger partial charge >= 0.3 is 0 Å². The summed E-state index contributed by atoms with van der Waals surface area (Å²) in [6.45, 7) is 4.81. The Morgan fingerprint density at radius 2 is 2.04 bits per heavy atom. The molecule has 0 spiro atoms. The molecule has 2 fully saturated rings. The molecule has 1 N–H and O–H groups in total. The summed E-state index contributed by atoms with van der Waals surface area (Å²) in [4.78, 5) is 14.2. The number of piperidine rings is 1. The predicted octanol–water partition coefficient (Wildman–Crippen LogP) is 4.05. The average Bonchev–Trinajstić information content (AvgIpc) is 2.79. The maximum Gasteiger partial charge on any atom is 0.217 e. The Hall–Kier alpha value is -1.42. The topological polar surface area (TPSA) is 32.3 Å². The van der Waals surface area contributed by atoms with Crippen LogP contribution in [0.4, 0.5) is 4.39 Å². The van der Waals surface area contributed by atoms with Crippen molar-refractivity contribution in [2.75, 3.05) is 6.54 Å². The van der Waals surface area contributed by atoms with Crippen LogP contribution in [0.2, 0.25) is 0 Å². The molecule has 3 rings (SSSR count). The van der Waals surface area contributed by atoms with Gasteiger partial charge in [-0.3, -0.25) is 9.69 Å². The largest absolute Gasteiger partial charge is 0.349 e. The third-order valence-corrected chi connectivity index (χ3v) is 5.86. The maximum absolute atomic E-state index is 13.6. The Labute approximate surface area is 144 Å². The van der Waals surface area contributed by atoms with Crippen molar-refractivity contribution in [2.45, 2.75) is 70.5 Å². The van der Waals surface area contributed by atoms with Crippen LogP contribution in [-0.4, -0.2) is 29.4 Å². The third-order valence-electron chi connectivity index (χ3n) is 5.86. The molecule has 1 aromatic carbocycles. The van der Waals surface area contributed by atoms with Crippen LogP contribution in [0.5, 0.6) is 0 Å². The highest BCUT2D eigenvalue weighted by atomic mass is 19.1. The van der Waals surface area contributed by atoms with Gasteiger partial charge in [0.1, 0.15) is 5.82 Å². The minimum absolute atomic E-state index is 0.0584. The highest BCUT2D eigenvalue weighted by Gasteiger charge is 2.39. The van der Waals surface area contributed by atoms with E-state index in [2.05, 4.69) is 17.1 Å². The maximum atomic E-state index is 13.6. The van der Waals surface area contributed by atoms with Gasteiger partial charge in [0.2, 0.25) is 5.91 Å². The van der Waals surface area contributed by atoms with Crippen LogP contribution >= 0.6 is 0 Å². The first-order valence-corrected chi connectivity index (χ1v) is 9.35. The summed E-state index contributed by atoms with van der Waals surface area (Å²) in [6.07, 6.45) is 7.39. The summed E-state index contributed by atoms with van der Waals surface area (Å²) in [6, 6.07) is 7.92. The number of nitrogens with one attached hydrogen (secondary N) is 1. The number of nitrogens with zero attached hydrogens (tertiary/aromatic N) is 1. The standard InChI is InChI=1S/C20H29FN2O/c1-3-15-11-18-7-8-19(12-15)23(18)10-9-20(22-14(2)24)16-5-4-6-17(21)13-16/h4-6,13,15,18-20H,3,7-12H2,1-2H3,(H,22,24)/t15?,18-,19+,20-/m0/s1. The van der Waals surface area contributed by atoms with Gasteiger partial charge in [0, 0.05) is 25.6 Å². The lowest BCUT2D eigenvalue weighted by atomic mass is 9.88. The quantitative estimate of drug-likeness (QED) is 0.852. The summed E-state index contributed by atoms with van der Waals surface area (Å²) >= 11 is 0. The SMILES string of the molecule is CCC1C[C@H]2CC[C@@H](C1)N2CC[C@H](NC(C)=O)c1cccc(F)c1. The van der Waals surface area contributed by atoms with E-state index in [-0.39, 0.29) is 17.8 Å². The number of halogens is 1. The van der Waals surface area contributed by atoms with Gasteiger partial charge in [-0.05, 0) is 55.7 Å². The van der Waals surface area contributed by atoms with Gasteiger partial charge in [-0.1, -0.05) is 25.5 Å². The molecule has 1 unspecified atom stereocenters. The van der Waals surface area contributed by atoms with E-state index in [9.17, 15) is 9.18 Å². The van der Waals surface area contributed by atoms with Crippen molar-refractivity contribution >= 4 is 5.91 Å². The second-order valence-electron chi connectivity index (χ2n) is 7.47. The number of benzene rings is 1. The molecule has 0 aromatic heterocycles. The van der Waals surface area contributed by atoms with Gasteiger partial charge in [0.25, 0.3) is 0 Å². The van der Waals surface area contributed by atoms with Gasteiger partial charge in [-0.2, -0.15) is 0 Å². The fourth-order valence-electron chi connectivity index (χ4n) is 4.65. The summed E-state index contributed by atoms with van der Waals surface area (Å²) in [5.74, 6) is 0.580. The molecule has 2 saturated heterocycles. The normalized spacial score (nSPS) is 27.9. The molecule has 0 saturated carbocycles. The molecule has 132 valence electrons. The number of hydrogen-bond acceptors (Lipinski definition) is 2. The third kappa shape index (κ3) is 3.97. The molecule has 0 radical (unpaired) electrons. The molecule has 2 aliphatic heterocycles. The van der Waals surface area contributed by atoms with E-state index < -0.39 is 0 Å². The van der Waals surface area contributed by atoms with Gasteiger partial charge in [0.15, 0.2) is 0 Å². The average molecular weight is 332 g/mol. The Morgan fingerprint density at radius 1 is 1.33 bits per heavy atom. The smallest absolute Gasteiger partial charge is 0.217 e. The van der Waals surface area contributed by atoms with Crippen molar-refractivity contribution in [1.29, 1.82) is 0 Å². The number of amides is 1. The zero-order valence-electron chi connectivity index (χ0n) is 14.8. The van der Waals surface area contributed by atoms with Crippen LogP contribution in [0.1, 0.15) is 64.0 Å². The Kier molecular flexibility index (Phi) is 5.54. The zero-order valence-corrected chi connectivity index (χ0v) is 14.8. The molecule has 24 heavy (non-hydrogen) atoms. The molecular formula is C20H29FN2O. The molecule has 4 atom stereocenters. The van der Waals surface area contributed by atoms with E-state index in [1.54, 1.807) is 12.1 Å². The van der Waals surface area contributed by atoms with Gasteiger partial charge in [-0.25, -0.2) is 4.39 Å². The summed E-state index contributed by atoms with van der Waals surface area (Å²) in [5.41, 5.74) is 0.862. The lowest BCUT2D eigenvalue weighted by Gasteiger charge is -2.39. The predicted molar refractivity (Wildman–Crippen MR) is 94.1 cm³/mol. The summed E-state index contributed by atoms with van der Waals surface area (Å²) in [7, 11) is 0. The number of rotatable bonds is 6. The van der Waals surface area contributed by atoms with Crippen LogP contribution in [0, 0.1) is 11.7 Å². The lowest BCUT2D eigenvalue weighted by molar-refractivity contribution is -0.119. The van der Waals surface area contributed by atoms with E-state index in [1.807, 2.05) is 6.07 Å². The van der Waals surface area contributed by atoms with E-state index in [1.165, 1.54) is 45.1 Å². The molecule has 3 nitrogen and oxygen atoms in total. The van der Waals surface area contributed by atoms with Gasteiger partial charge in [0.05, 0.1) is 6.04 Å². The van der Waals surface area contributed by atoms with Crippen LogP contribution in [0.15, 0.2) is 24.3 Å². The summed E-state index contributed by atoms with van der Waals surface area (Å²) < 4.78 is 13.6. The number of hydrogen-bond donors (Lipinski definition) is 1. The van der Waals surface area contributed by atoms with Crippen molar-refractivity contribution in [1.82, 2.24) is 10.2 Å². The van der Waals surface area contributed by atoms with Crippen molar-refractivity contribution < 1.29 is 9.18 Å². The first kappa shape index (κ1) is 17.4. The zero-order chi connectivity index (χ0) is 17.1. The summed E-state index contributed by atoms with van der Waals surface area (Å²) in [5, 5.41) is 3.00. The minimum Gasteiger partial charge on any atom is -0.349 e. The first-order chi connectivity index (χ1) is 11.6. The molecule has 0 aliphatic carbocycles. The van der Waals surface area contributed by atoms with Crippen LogP contribution in [0.3, 0.4) is 0 Å².